The normalized spacial score (nSPS) is 12.0. The van der Waals surface area contributed by atoms with Crippen LogP contribution in [0, 0.1) is 5.82 Å². The van der Waals surface area contributed by atoms with Crippen LogP contribution >= 0.6 is 0 Å². The zero-order valence-corrected chi connectivity index (χ0v) is 12.4. The molecule has 1 aromatic carbocycles. The third-order valence-electron chi connectivity index (χ3n) is 3.32. The minimum atomic E-state index is -0.359. The highest BCUT2D eigenvalue weighted by Gasteiger charge is 2.10. The molecule has 0 amide bonds. The summed E-state index contributed by atoms with van der Waals surface area (Å²) in [5, 5.41) is 3.36. The molecular formula is C16H19FN2O2. The Balaban J connectivity index is 2.06. The van der Waals surface area contributed by atoms with Crippen LogP contribution in [-0.4, -0.2) is 19.2 Å². The average molecular weight is 290 g/mol. The molecule has 1 N–H and O–H groups in total. The summed E-state index contributed by atoms with van der Waals surface area (Å²) in [6, 6.07) is 8.73. The van der Waals surface area contributed by atoms with Gasteiger partial charge in [0.2, 0.25) is 5.88 Å². The molecule has 0 bridgehead atoms. The van der Waals surface area contributed by atoms with Gasteiger partial charge in [0.25, 0.3) is 0 Å². The Kier molecular flexibility index (Phi) is 5.11. The highest BCUT2D eigenvalue weighted by atomic mass is 19.1. The van der Waals surface area contributed by atoms with Crippen LogP contribution in [0.2, 0.25) is 0 Å². The van der Waals surface area contributed by atoms with Crippen molar-refractivity contribution in [1.29, 1.82) is 0 Å². The van der Waals surface area contributed by atoms with Crippen LogP contribution in [0.3, 0.4) is 0 Å². The number of hydrogen-bond acceptors (Lipinski definition) is 4. The first-order valence-electron chi connectivity index (χ1n) is 6.70. The first-order chi connectivity index (χ1) is 10.2. The second-order valence-corrected chi connectivity index (χ2v) is 4.67. The van der Waals surface area contributed by atoms with Crippen molar-refractivity contribution < 1.29 is 13.9 Å². The molecule has 2 rings (SSSR count). The van der Waals surface area contributed by atoms with Crippen molar-refractivity contribution in [1.82, 2.24) is 10.3 Å². The van der Waals surface area contributed by atoms with Crippen molar-refractivity contribution in [2.45, 2.75) is 19.5 Å². The summed E-state index contributed by atoms with van der Waals surface area (Å²) in [6.45, 7) is 2.62. The fraction of sp³-hybridized carbons (Fsp3) is 0.312. The van der Waals surface area contributed by atoms with Gasteiger partial charge in [-0.3, -0.25) is 0 Å². The summed E-state index contributed by atoms with van der Waals surface area (Å²) in [6.07, 6.45) is 1.69. The SMILES string of the molecule is COc1cc(C(C)NCc2cccnc2OC)ccc1F. The van der Waals surface area contributed by atoms with Gasteiger partial charge in [0.1, 0.15) is 0 Å². The summed E-state index contributed by atoms with van der Waals surface area (Å²) in [7, 11) is 3.06. The van der Waals surface area contributed by atoms with E-state index in [1.807, 2.05) is 19.1 Å². The lowest BCUT2D eigenvalue weighted by molar-refractivity contribution is 0.384. The van der Waals surface area contributed by atoms with Gasteiger partial charge in [0, 0.05) is 24.3 Å². The van der Waals surface area contributed by atoms with E-state index in [1.165, 1.54) is 13.2 Å². The third kappa shape index (κ3) is 3.70. The summed E-state index contributed by atoms with van der Waals surface area (Å²) in [4.78, 5) is 4.16. The molecule has 1 unspecified atom stereocenters. The van der Waals surface area contributed by atoms with Gasteiger partial charge in [-0.2, -0.15) is 0 Å². The van der Waals surface area contributed by atoms with Crippen LogP contribution in [0.25, 0.3) is 0 Å². The van der Waals surface area contributed by atoms with E-state index < -0.39 is 0 Å². The van der Waals surface area contributed by atoms with E-state index in [2.05, 4.69) is 10.3 Å². The standard InChI is InChI=1S/C16H19FN2O2/c1-11(12-6-7-14(17)15(9-12)20-2)19-10-13-5-4-8-18-16(13)21-3/h4-9,11,19H,10H2,1-3H3. The minimum absolute atomic E-state index is 0.0458. The maximum Gasteiger partial charge on any atom is 0.217 e. The first-order valence-corrected chi connectivity index (χ1v) is 6.70. The molecule has 1 heterocycles. The average Bonchev–Trinajstić information content (AvgIpc) is 2.53. The minimum Gasteiger partial charge on any atom is -0.494 e. The Labute approximate surface area is 123 Å². The summed E-state index contributed by atoms with van der Waals surface area (Å²) in [5.74, 6) is 0.497. The number of nitrogens with one attached hydrogen (secondary N) is 1. The van der Waals surface area contributed by atoms with Crippen LogP contribution < -0.4 is 14.8 Å². The highest BCUT2D eigenvalue weighted by Crippen LogP contribution is 2.23. The number of nitrogens with zero attached hydrogens (tertiary/aromatic N) is 1. The van der Waals surface area contributed by atoms with Crippen LogP contribution in [0.15, 0.2) is 36.5 Å². The third-order valence-corrected chi connectivity index (χ3v) is 3.32. The number of ether oxygens (including phenoxy) is 2. The van der Waals surface area contributed by atoms with Gasteiger partial charge in [0.05, 0.1) is 14.2 Å². The van der Waals surface area contributed by atoms with E-state index in [1.54, 1.807) is 25.4 Å². The number of methoxy groups -OCH3 is 2. The molecule has 0 aliphatic rings. The van der Waals surface area contributed by atoms with E-state index in [-0.39, 0.29) is 17.6 Å². The van der Waals surface area contributed by atoms with Crippen LogP contribution in [-0.2, 0) is 6.54 Å². The van der Waals surface area contributed by atoms with Gasteiger partial charge in [0.15, 0.2) is 11.6 Å². The van der Waals surface area contributed by atoms with Gasteiger partial charge in [-0.15, -0.1) is 0 Å². The van der Waals surface area contributed by atoms with Gasteiger partial charge >= 0.3 is 0 Å². The van der Waals surface area contributed by atoms with E-state index in [4.69, 9.17) is 9.47 Å². The van der Waals surface area contributed by atoms with Gasteiger partial charge in [-0.25, -0.2) is 9.37 Å². The molecule has 0 fully saturated rings. The van der Waals surface area contributed by atoms with Crippen molar-refractivity contribution in [3.63, 3.8) is 0 Å². The second kappa shape index (κ2) is 7.04. The molecule has 112 valence electrons. The number of aromatic nitrogens is 1. The molecule has 0 aliphatic carbocycles. The maximum atomic E-state index is 13.4. The number of benzene rings is 1. The van der Waals surface area contributed by atoms with Gasteiger partial charge < -0.3 is 14.8 Å². The summed E-state index contributed by atoms with van der Waals surface area (Å²) < 4.78 is 23.6. The Morgan fingerprint density at radius 3 is 2.76 bits per heavy atom. The summed E-state index contributed by atoms with van der Waals surface area (Å²) >= 11 is 0. The number of hydrogen-bond donors (Lipinski definition) is 1. The van der Waals surface area contributed by atoms with Crippen molar-refractivity contribution in [3.05, 3.63) is 53.5 Å². The first kappa shape index (κ1) is 15.3. The molecule has 0 saturated heterocycles. The Bertz CT molecular complexity index is 605. The molecule has 21 heavy (non-hydrogen) atoms. The molecule has 5 heteroatoms. The molecule has 0 spiro atoms. The molecule has 0 saturated carbocycles. The summed E-state index contributed by atoms with van der Waals surface area (Å²) in [5.41, 5.74) is 1.93. The Hall–Kier alpha value is -2.14. The van der Waals surface area contributed by atoms with Crippen molar-refractivity contribution >= 4 is 0 Å². The molecule has 0 radical (unpaired) electrons. The van der Waals surface area contributed by atoms with Gasteiger partial charge in [-0.05, 0) is 30.7 Å². The molecule has 4 nitrogen and oxygen atoms in total. The molecule has 2 aromatic rings. The van der Waals surface area contributed by atoms with Crippen LogP contribution in [0.5, 0.6) is 11.6 Å². The molecule has 1 atom stereocenters. The molecular weight excluding hydrogens is 271 g/mol. The van der Waals surface area contributed by atoms with Crippen molar-refractivity contribution in [2.24, 2.45) is 0 Å². The Morgan fingerprint density at radius 1 is 1.24 bits per heavy atom. The van der Waals surface area contributed by atoms with Crippen LogP contribution in [0.1, 0.15) is 24.1 Å². The zero-order chi connectivity index (χ0) is 15.2. The lowest BCUT2D eigenvalue weighted by Crippen LogP contribution is -2.18. The topological polar surface area (TPSA) is 43.4 Å². The fourth-order valence-corrected chi connectivity index (χ4v) is 2.07. The lowest BCUT2D eigenvalue weighted by Gasteiger charge is -2.16. The van der Waals surface area contributed by atoms with Gasteiger partial charge in [-0.1, -0.05) is 12.1 Å². The van der Waals surface area contributed by atoms with E-state index in [0.717, 1.165) is 11.1 Å². The highest BCUT2D eigenvalue weighted by molar-refractivity contribution is 5.32. The number of rotatable bonds is 6. The quantitative estimate of drug-likeness (QED) is 0.888. The van der Waals surface area contributed by atoms with Crippen molar-refractivity contribution in [3.8, 4) is 11.6 Å². The maximum absolute atomic E-state index is 13.4. The van der Waals surface area contributed by atoms with E-state index in [9.17, 15) is 4.39 Å². The Morgan fingerprint density at radius 2 is 2.05 bits per heavy atom. The number of halogens is 1. The van der Waals surface area contributed by atoms with Crippen molar-refractivity contribution in [2.75, 3.05) is 14.2 Å². The largest absolute Gasteiger partial charge is 0.494 e. The second-order valence-electron chi connectivity index (χ2n) is 4.67. The monoisotopic (exact) mass is 290 g/mol. The van der Waals surface area contributed by atoms with Crippen LogP contribution in [0.4, 0.5) is 4.39 Å². The molecule has 1 aromatic heterocycles. The lowest BCUT2D eigenvalue weighted by atomic mass is 10.1. The fourth-order valence-electron chi connectivity index (χ4n) is 2.07. The van der Waals surface area contributed by atoms with E-state index >= 15 is 0 Å². The van der Waals surface area contributed by atoms with E-state index in [0.29, 0.717) is 12.4 Å². The predicted octanol–water partition coefficient (Wildman–Crippen LogP) is 3.09. The predicted molar refractivity (Wildman–Crippen MR) is 79.0 cm³/mol. The molecule has 0 aliphatic heterocycles. The zero-order valence-electron chi connectivity index (χ0n) is 12.4. The number of pyridine rings is 1. The smallest absolute Gasteiger partial charge is 0.217 e.